The predicted octanol–water partition coefficient (Wildman–Crippen LogP) is 2.72. The fraction of sp³-hybridized carbons (Fsp3) is 0.385. The van der Waals surface area contributed by atoms with Crippen molar-refractivity contribution in [1.82, 2.24) is 10.3 Å². The highest BCUT2D eigenvalue weighted by atomic mass is 35.5. The van der Waals surface area contributed by atoms with Gasteiger partial charge in [0.1, 0.15) is 0 Å². The van der Waals surface area contributed by atoms with Crippen LogP contribution in [0.4, 0.5) is 0 Å². The first-order chi connectivity index (χ1) is 7.92. The summed E-state index contributed by atoms with van der Waals surface area (Å²) in [5.41, 5.74) is 2.56. The maximum absolute atomic E-state index is 5.01. The van der Waals surface area contributed by atoms with E-state index < -0.39 is 0 Å². The normalized spacial score (nSPS) is 10.4. The zero-order valence-electron chi connectivity index (χ0n) is 10.0. The first-order valence-electron chi connectivity index (χ1n) is 5.66. The van der Waals surface area contributed by atoms with Crippen molar-refractivity contribution in [2.45, 2.75) is 13.0 Å². The minimum Gasteiger partial charge on any atom is -0.385 e. The van der Waals surface area contributed by atoms with Crippen molar-refractivity contribution >= 4 is 23.3 Å². The monoisotopic (exact) mass is 254 g/mol. The quantitative estimate of drug-likeness (QED) is 0.778. The summed E-state index contributed by atoms with van der Waals surface area (Å²) in [5.74, 6) is 0. The molecule has 2 N–H and O–H groups in total. The highest BCUT2D eigenvalue weighted by molar-refractivity contribution is 5.85. The zero-order chi connectivity index (χ0) is 11.2. The van der Waals surface area contributed by atoms with Gasteiger partial charge in [-0.15, -0.1) is 12.4 Å². The van der Waals surface area contributed by atoms with Crippen LogP contribution in [0.5, 0.6) is 0 Å². The van der Waals surface area contributed by atoms with Crippen molar-refractivity contribution in [3.63, 3.8) is 0 Å². The molecule has 4 heteroatoms. The lowest BCUT2D eigenvalue weighted by molar-refractivity contribution is 0.194. The number of hydrogen-bond acceptors (Lipinski definition) is 2. The molecule has 0 aliphatic rings. The molecule has 3 nitrogen and oxygen atoms in total. The SMILES string of the molecule is COCCCNCc1cccc2cc[nH]c12.Cl. The summed E-state index contributed by atoms with van der Waals surface area (Å²) in [6.45, 7) is 2.71. The van der Waals surface area contributed by atoms with E-state index in [-0.39, 0.29) is 12.4 Å². The van der Waals surface area contributed by atoms with Crippen molar-refractivity contribution in [1.29, 1.82) is 0 Å². The Hall–Kier alpha value is -1.03. The molecule has 1 aromatic carbocycles. The van der Waals surface area contributed by atoms with Gasteiger partial charge in [0, 0.05) is 32.0 Å². The largest absolute Gasteiger partial charge is 0.385 e. The molecule has 0 spiro atoms. The number of ether oxygens (including phenoxy) is 1. The Morgan fingerprint density at radius 3 is 3.00 bits per heavy atom. The summed E-state index contributed by atoms with van der Waals surface area (Å²) < 4.78 is 5.01. The number of rotatable bonds is 6. The molecule has 2 rings (SSSR count). The molecule has 0 aliphatic carbocycles. The van der Waals surface area contributed by atoms with Gasteiger partial charge in [-0.2, -0.15) is 0 Å². The molecule has 0 atom stereocenters. The number of fused-ring (bicyclic) bond motifs is 1. The van der Waals surface area contributed by atoms with Gasteiger partial charge in [0.25, 0.3) is 0 Å². The molecular weight excluding hydrogens is 236 g/mol. The topological polar surface area (TPSA) is 37.0 Å². The van der Waals surface area contributed by atoms with E-state index in [1.165, 1.54) is 16.5 Å². The average Bonchev–Trinajstić information content (AvgIpc) is 2.77. The van der Waals surface area contributed by atoms with E-state index in [4.69, 9.17) is 4.74 Å². The Morgan fingerprint density at radius 2 is 2.18 bits per heavy atom. The number of para-hydroxylation sites is 1. The van der Waals surface area contributed by atoms with E-state index in [0.717, 1.165) is 26.1 Å². The highest BCUT2D eigenvalue weighted by Crippen LogP contribution is 2.16. The number of nitrogens with one attached hydrogen (secondary N) is 2. The molecule has 0 radical (unpaired) electrons. The van der Waals surface area contributed by atoms with Crippen LogP contribution in [-0.2, 0) is 11.3 Å². The Morgan fingerprint density at radius 1 is 1.29 bits per heavy atom. The number of hydrogen-bond donors (Lipinski definition) is 2. The Balaban J connectivity index is 0.00000144. The fourth-order valence-electron chi connectivity index (χ4n) is 1.86. The predicted molar refractivity (Wildman–Crippen MR) is 73.7 cm³/mol. The van der Waals surface area contributed by atoms with Gasteiger partial charge >= 0.3 is 0 Å². The number of benzene rings is 1. The van der Waals surface area contributed by atoms with Gasteiger partial charge in [0.2, 0.25) is 0 Å². The van der Waals surface area contributed by atoms with Crippen LogP contribution in [0.2, 0.25) is 0 Å². The third kappa shape index (κ3) is 3.73. The summed E-state index contributed by atoms with van der Waals surface area (Å²) in [7, 11) is 1.74. The van der Waals surface area contributed by atoms with Gasteiger partial charge in [-0.3, -0.25) is 0 Å². The molecule has 17 heavy (non-hydrogen) atoms. The van der Waals surface area contributed by atoms with Crippen LogP contribution in [0.25, 0.3) is 10.9 Å². The maximum Gasteiger partial charge on any atom is 0.0499 e. The molecule has 0 saturated carbocycles. The first-order valence-corrected chi connectivity index (χ1v) is 5.66. The first kappa shape index (κ1) is 14.0. The second kappa shape index (κ2) is 7.33. The van der Waals surface area contributed by atoms with E-state index in [1.54, 1.807) is 7.11 Å². The summed E-state index contributed by atoms with van der Waals surface area (Å²) in [6, 6.07) is 8.48. The van der Waals surface area contributed by atoms with E-state index in [0.29, 0.717) is 0 Å². The highest BCUT2D eigenvalue weighted by Gasteiger charge is 2.00. The number of H-pyrrole nitrogens is 1. The number of halogens is 1. The summed E-state index contributed by atoms with van der Waals surface area (Å²) in [5, 5.41) is 4.69. The van der Waals surface area contributed by atoms with E-state index in [2.05, 4.69) is 34.6 Å². The van der Waals surface area contributed by atoms with Crippen molar-refractivity contribution < 1.29 is 4.74 Å². The van der Waals surface area contributed by atoms with Crippen LogP contribution in [0.3, 0.4) is 0 Å². The minimum atomic E-state index is 0. The molecule has 0 bridgehead atoms. The van der Waals surface area contributed by atoms with Gasteiger partial charge in [-0.25, -0.2) is 0 Å². The third-order valence-corrected chi connectivity index (χ3v) is 2.69. The molecule has 1 aromatic heterocycles. The van der Waals surface area contributed by atoms with Crippen LogP contribution < -0.4 is 5.32 Å². The third-order valence-electron chi connectivity index (χ3n) is 2.69. The molecule has 0 unspecified atom stereocenters. The van der Waals surface area contributed by atoms with Crippen molar-refractivity contribution in [2.75, 3.05) is 20.3 Å². The molecule has 0 fully saturated rings. The lowest BCUT2D eigenvalue weighted by Crippen LogP contribution is -2.16. The van der Waals surface area contributed by atoms with Crippen molar-refractivity contribution in [3.8, 4) is 0 Å². The number of aromatic amines is 1. The van der Waals surface area contributed by atoms with Gasteiger partial charge in [0.15, 0.2) is 0 Å². The summed E-state index contributed by atoms with van der Waals surface area (Å²) in [6.07, 6.45) is 3.04. The maximum atomic E-state index is 5.01. The molecule has 0 saturated heterocycles. The van der Waals surface area contributed by atoms with Crippen LogP contribution >= 0.6 is 12.4 Å². The summed E-state index contributed by atoms with van der Waals surface area (Å²) >= 11 is 0. The second-order valence-electron chi connectivity index (χ2n) is 3.88. The average molecular weight is 255 g/mol. The van der Waals surface area contributed by atoms with Crippen molar-refractivity contribution in [2.24, 2.45) is 0 Å². The van der Waals surface area contributed by atoms with Gasteiger partial charge in [-0.1, -0.05) is 18.2 Å². The van der Waals surface area contributed by atoms with Crippen LogP contribution in [0, 0.1) is 0 Å². The smallest absolute Gasteiger partial charge is 0.0499 e. The van der Waals surface area contributed by atoms with Crippen LogP contribution in [-0.4, -0.2) is 25.2 Å². The molecule has 1 heterocycles. The fourth-order valence-corrected chi connectivity index (χ4v) is 1.86. The minimum absolute atomic E-state index is 0. The van der Waals surface area contributed by atoms with E-state index >= 15 is 0 Å². The number of aromatic nitrogens is 1. The molecule has 0 aliphatic heterocycles. The Kier molecular flexibility index (Phi) is 6.05. The molecule has 2 aromatic rings. The van der Waals surface area contributed by atoms with Crippen molar-refractivity contribution in [3.05, 3.63) is 36.0 Å². The zero-order valence-corrected chi connectivity index (χ0v) is 10.8. The van der Waals surface area contributed by atoms with E-state index in [1.807, 2.05) is 6.20 Å². The molecule has 94 valence electrons. The summed E-state index contributed by atoms with van der Waals surface area (Å²) in [4.78, 5) is 3.28. The Labute approximate surface area is 108 Å². The van der Waals surface area contributed by atoms with Crippen LogP contribution in [0.1, 0.15) is 12.0 Å². The molecule has 0 amide bonds. The molecular formula is C13H19ClN2O. The van der Waals surface area contributed by atoms with Gasteiger partial charge in [0.05, 0.1) is 0 Å². The second-order valence-corrected chi connectivity index (χ2v) is 3.88. The van der Waals surface area contributed by atoms with Gasteiger partial charge in [-0.05, 0) is 30.0 Å². The Bertz CT molecular complexity index is 442. The van der Waals surface area contributed by atoms with E-state index in [9.17, 15) is 0 Å². The number of methoxy groups -OCH3 is 1. The standard InChI is InChI=1S/C13H18N2O.ClH/c1-16-9-3-7-14-10-12-5-2-4-11-6-8-15-13(11)12;/h2,4-6,8,14-15H,3,7,9-10H2,1H3;1H. The lowest BCUT2D eigenvalue weighted by atomic mass is 10.1. The van der Waals surface area contributed by atoms with Crippen LogP contribution in [0.15, 0.2) is 30.5 Å². The van der Waals surface area contributed by atoms with Gasteiger partial charge < -0.3 is 15.0 Å². The lowest BCUT2D eigenvalue weighted by Gasteiger charge is -2.05.